The Hall–Kier alpha value is -3.33. The van der Waals surface area contributed by atoms with Gasteiger partial charge in [0.15, 0.2) is 11.2 Å². The molecule has 2 heterocycles. The Balaban J connectivity index is 1.94. The van der Waals surface area contributed by atoms with Crippen LogP contribution >= 0.6 is 0 Å². The maximum Gasteiger partial charge on any atom is 0.332 e. The van der Waals surface area contributed by atoms with Gasteiger partial charge < -0.3 is 19.7 Å². The maximum atomic E-state index is 12.7. The molecule has 28 heavy (non-hydrogen) atoms. The van der Waals surface area contributed by atoms with E-state index in [1.165, 1.54) is 29.4 Å². The molecule has 0 saturated heterocycles. The van der Waals surface area contributed by atoms with Crippen LogP contribution in [0.15, 0.2) is 46.6 Å². The lowest BCUT2D eigenvalue weighted by molar-refractivity contribution is 0.0938. The number of fused-ring (bicyclic) bond motifs is 1. The summed E-state index contributed by atoms with van der Waals surface area (Å²) in [6.45, 7) is 5.64. The van der Waals surface area contributed by atoms with Crippen LogP contribution in [0, 0.1) is 6.92 Å². The number of aliphatic hydroxyl groups is 1. The predicted molar refractivity (Wildman–Crippen MR) is 107 cm³/mol. The fraction of sp³-hybridized carbons (Fsp3) is 0.316. The lowest BCUT2D eigenvalue weighted by Gasteiger charge is -2.15. The SMILES string of the molecule is C=CNc1nc2c(c(=O)n(C)c(=O)n2C)n1C[C@H](O)COc1cccc(C)c1. The van der Waals surface area contributed by atoms with Gasteiger partial charge in [0.25, 0.3) is 5.56 Å². The average Bonchev–Trinajstić information content (AvgIpc) is 3.01. The van der Waals surface area contributed by atoms with Gasteiger partial charge in [-0.15, -0.1) is 0 Å². The maximum absolute atomic E-state index is 12.7. The zero-order valence-electron chi connectivity index (χ0n) is 16.0. The first-order valence-corrected chi connectivity index (χ1v) is 8.74. The Bertz CT molecular complexity index is 1140. The number of anilines is 1. The Morgan fingerprint density at radius 3 is 2.75 bits per heavy atom. The van der Waals surface area contributed by atoms with Crippen molar-refractivity contribution in [2.45, 2.75) is 19.6 Å². The highest BCUT2D eigenvalue weighted by Gasteiger charge is 2.20. The van der Waals surface area contributed by atoms with Gasteiger partial charge in [-0.05, 0) is 30.8 Å². The summed E-state index contributed by atoms with van der Waals surface area (Å²) in [7, 11) is 2.94. The molecule has 0 aliphatic carbocycles. The number of nitrogens with zero attached hydrogens (tertiary/aromatic N) is 4. The van der Waals surface area contributed by atoms with Gasteiger partial charge in [-0.1, -0.05) is 18.7 Å². The minimum atomic E-state index is -0.912. The molecule has 0 fully saturated rings. The van der Waals surface area contributed by atoms with Crippen molar-refractivity contribution < 1.29 is 9.84 Å². The first-order chi connectivity index (χ1) is 13.3. The third-order valence-electron chi connectivity index (χ3n) is 4.40. The minimum Gasteiger partial charge on any atom is -0.491 e. The molecule has 1 aromatic carbocycles. The van der Waals surface area contributed by atoms with Crippen LogP contribution in [0.5, 0.6) is 5.75 Å². The minimum absolute atomic E-state index is 0.0305. The van der Waals surface area contributed by atoms with E-state index >= 15 is 0 Å². The highest BCUT2D eigenvalue weighted by Crippen LogP contribution is 2.17. The van der Waals surface area contributed by atoms with Gasteiger partial charge in [0.05, 0.1) is 6.54 Å². The molecule has 0 bridgehead atoms. The van der Waals surface area contributed by atoms with Crippen LogP contribution in [-0.4, -0.2) is 36.5 Å². The number of hydrogen-bond donors (Lipinski definition) is 2. The van der Waals surface area contributed by atoms with E-state index in [1.807, 2.05) is 31.2 Å². The fourth-order valence-corrected chi connectivity index (χ4v) is 2.99. The van der Waals surface area contributed by atoms with Crippen molar-refractivity contribution in [3.05, 3.63) is 63.4 Å². The molecular weight excluding hydrogens is 362 g/mol. The summed E-state index contributed by atoms with van der Waals surface area (Å²) in [4.78, 5) is 29.1. The van der Waals surface area contributed by atoms with E-state index in [9.17, 15) is 14.7 Å². The average molecular weight is 385 g/mol. The molecule has 9 heteroatoms. The molecule has 2 N–H and O–H groups in total. The molecule has 9 nitrogen and oxygen atoms in total. The number of imidazole rings is 1. The lowest BCUT2D eigenvalue weighted by Crippen LogP contribution is -2.38. The van der Waals surface area contributed by atoms with Crippen LogP contribution in [0.1, 0.15) is 5.56 Å². The first kappa shape index (κ1) is 19.4. The monoisotopic (exact) mass is 385 g/mol. The Morgan fingerprint density at radius 1 is 1.32 bits per heavy atom. The van der Waals surface area contributed by atoms with Gasteiger partial charge in [-0.25, -0.2) is 4.79 Å². The molecule has 0 aliphatic heterocycles. The molecule has 0 amide bonds. The van der Waals surface area contributed by atoms with E-state index in [-0.39, 0.29) is 24.3 Å². The second-order valence-electron chi connectivity index (χ2n) is 6.55. The lowest BCUT2D eigenvalue weighted by atomic mass is 10.2. The van der Waals surface area contributed by atoms with E-state index < -0.39 is 17.4 Å². The molecule has 0 saturated carbocycles. The number of ether oxygens (including phenoxy) is 1. The van der Waals surface area contributed by atoms with Crippen molar-refractivity contribution in [1.82, 2.24) is 18.7 Å². The third-order valence-corrected chi connectivity index (χ3v) is 4.40. The summed E-state index contributed by atoms with van der Waals surface area (Å²) in [5, 5.41) is 13.3. The van der Waals surface area contributed by atoms with Gasteiger partial charge in [0.2, 0.25) is 5.95 Å². The summed E-state index contributed by atoms with van der Waals surface area (Å²) in [5.41, 5.74) is 0.521. The smallest absolute Gasteiger partial charge is 0.332 e. The van der Waals surface area contributed by atoms with Crippen LogP contribution < -0.4 is 21.3 Å². The highest BCUT2D eigenvalue weighted by atomic mass is 16.5. The Kier molecular flexibility index (Phi) is 5.36. The topological polar surface area (TPSA) is 103 Å². The summed E-state index contributed by atoms with van der Waals surface area (Å²) in [6, 6.07) is 7.50. The van der Waals surface area contributed by atoms with Crippen molar-refractivity contribution in [3.8, 4) is 5.75 Å². The molecule has 0 unspecified atom stereocenters. The molecule has 3 rings (SSSR count). The van der Waals surface area contributed by atoms with Crippen molar-refractivity contribution in [3.63, 3.8) is 0 Å². The molecule has 3 aromatic rings. The van der Waals surface area contributed by atoms with Crippen molar-refractivity contribution in [2.75, 3.05) is 11.9 Å². The molecule has 0 radical (unpaired) electrons. The van der Waals surface area contributed by atoms with Gasteiger partial charge in [0, 0.05) is 14.1 Å². The highest BCUT2D eigenvalue weighted by molar-refractivity contribution is 5.74. The summed E-state index contributed by atoms with van der Waals surface area (Å²) >= 11 is 0. The van der Waals surface area contributed by atoms with Crippen LogP contribution in [0.25, 0.3) is 11.2 Å². The normalized spacial score (nSPS) is 12.1. The molecule has 1 atom stereocenters. The molecular formula is C19H23N5O4. The standard InChI is InChI=1S/C19H23N5O4/c1-5-20-18-21-16-15(17(26)23(4)19(27)22(16)3)24(18)10-13(25)11-28-14-8-6-7-12(2)9-14/h5-9,13,25H,1,10-11H2,2-4H3,(H,20,21)/t13-/m0/s1. The van der Waals surface area contributed by atoms with Crippen LogP contribution in [-0.2, 0) is 20.6 Å². The fourth-order valence-electron chi connectivity index (χ4n) is 2.99. The Labute approximate surface area is 161 Å². The van der Waals surface area contributed by atoms with E-state index in [2.05, 4.69) is 16.9 Å². The molecule has 0 aliphatic rings. The molecule has 0 spiro atoms. The second-order valence-corrected chi connectivity index (χ2v) is 6.55. The van der Waals surface area contributed by atoms with Gasteiger partial charge >= 0.3 is 5.69 Å². The van der Waals surface area contributed by atoms with Gasteiger partial charge in [0.1, 0.15) is 18.5 Å². The predicted octanol–water partition coefficient (Wildman–Crippen LogP) is 0.737. The zero-order valence-corrected chi connectivity index (χ0v) is 16.0. The number of rotatable bonds is 7. The van der Waals surface area contributed by atoms with Crippen LogP contribution in [0.4, 0.5) is 5.95 Å². The number of hydrogen-bond acceptors (Lipinski definition) is 6. The Morgan fingerprint density at radius 2 is 2.07 bits per heavy atom. The second kappa shape index (κ2) is 7.73. The third kappa shape index (κ3) is 3.56. The van der Waals surface area contributed by atoms with Gasteiger partial charge in [-0.3, -0.25) is 13.9 Å². The van der Waals surface area contributed by atoms with Crippen molar-refractivity contribution >= 4 is 17.1 Å². The number of benzene rings is 1. The number of aliphatic hydroxyl groups excluding tert-OH is 1. The molecule has 148 valence electrons. The van der Waals surface area contributed by atoms with Gasteiger partial charge in [-0.2, -0.15) is 4.98 Å². The zero-order chi connectivity index (χ0) is 20.4. The summed E-state index contributed by atoms with van der Waals surface area (Å²) in [5.74, 6) is 0.954. The van der Waals surface area contributed by atoms with E-state index in [1.54, 1.807) is 0 Å². The van der Waals surface area contributed by atoms with Crippen molar-refractivity contribution in [2.24, 2.45) is 14.1 Å². The van der Waals surface area contributed by atoms with Crippen molar-refractivity contribution in [1.29, 1.82) is 0 Å². The summed E-state index contributed by atoms with van der Waals surface area (Å²) < 4.78 is 9.47. The number of aromatic nitrogens is 4. The quantitative estimate of drug-likeness (QED) is 0.622. The summed E-state index contributed by atoms with van der Waals surface area (Å²) in [6.07, 6.45) is 0.501. The number of aryl methyl sites for hydroxylation is 2. The first-order valence-electron chi connectivity index (χ1n) is 8.74. The number of nitrogens with one attached hydrogen (secondary N) is 1. The van der Waals surface area contributed by atoms with Crippen LogP contribution in [0.3, 0.4) is 0 Å². The van der Waals surface area contributed by atoms with E-state index in [0.717, 1.165) is 10.1 Å². The molecule has 2 aromatic heterocycles. The van der Waals surface area contributed by atoms with E-state index in [4.69, 9.17) is 4.74 Å². The largest absolute Gasteiger partial charge is 0.491 e. The van der Waals surface area contributed by atoms with Crippen LogP contribution in [0.2, 0.25) is 0 Å². The van der Waals surface area contributed by atoms with E-state index in [0.29, 0.717) is 11.7 Å².